The van der Waals surface area contributed by atoms with Crippen molar-refractivity contribution in [2.75, 3.05) is 6.61 Å². The summed E-state index contributed by atoms with van der Waals surface area (Å²) in [5.41, 5.74) is 3.06. The molecular formula is C17H17BrO3. The molecule has 0 fully saturated rings. The molecule has 4 heteroatoms. The molecule has 2 rings (SSSR count). The number of ether oxygens (including phenoxy) is 1. The van der Waals surface area contributed by atoms with Crippen LogP contribution in [0.4, 0.5) is 0 Å². The lowest BCUT2D eigenvalue weighted by Gasteiger charge is -2.16. The van der Waals surface area contributed by atoms with Gasteiger partial charge in [0.15, 0.2) is 0 Å². The minimum Gasteiger partial charge on any atom is -0.463 e. The van der Waals surface area contributed by atoms with Gasteiger partial charge in [-0.05, 0) is 49.6 Å². The van der Waals surface area contributed by atoms with E-state index >= 15 is 0 Å². The van der Waals surface area contributed by atoms with Crippen molar-refractivity contribution in [1.29, 1.82) is 0 Å². The van der Waals surface area contributed by atoms with Crippen molar-refractivity contribution in [2.24, 2.45) is 5.92 Å². The predicted molar refractivity (Wildman–Crippen MR) is 85.6 cm³/mol. The number of halogens is 1. The van der Waals surface area contributed by atoms with Crippen LogP contribution in [0.5, 0.6) is 0 Å². The Bertz CT molecular complexity index is 639. The molecule has 1 atom stereocenters. The summed E-state index contributed by atoms with van der Waals surface area (Å²) in [5, 5.41) is 0. The molecule has 0 saturated carbocycles. The maximum Gasteiger partial charge on any atom is 0.335 e. The van der Waals surface area contributed by atoms with Crippen LogP contribution in [0, 0.1) is 5.92 Å². The largest absolute Gasteiger partial charge is 0.463 e. The Balaban J connectivity index is 2.42. The van der Waals surface area contributed by atoms with E-state index in [1.807, 2.05) is 37.3 Å². The van der Waals surface area contributed by atoms with Crippen molar-refractivity contribution in [2.45, 2.75) is 20.8 Å². The molecular weight excluding hydrogens is 332 g/mol. The Hall–Kier alpha value is -1.68. The zero-order valence-corrected chi connectivity index (χ0v) is 13.9. The van der Waals surface area contributed by atoms with Crippen molar-refractivity contribution in [1.82, 2.24) is 0 Å². The number of carbonyl (C=O) groups excluding carboxylic acids is 2. The molecule has 1 aromatic rings. The van der Waals surface area contributed by atoms with E-state index < -0.39 is 11.9 Å². The van der Waals surface area contributed by atoms with Gasteiger partial charge in [0.2, 0.25) is 0 Å². The number of hydrogen-bond acceptors (Lipinski definition) is 3. The number of esters is 1. The molecule has 0 spiro atoms. The molecule has 1 aliphatic rings. The van der Waals surface area contributed by atoms with Gasteiger partial charge in [0.05, 0.1) is 18.1 Å². The van der Waals surface area contributed by atoms with Crippen LogP contribution in [-0.2, 0) is 14.3 Å². The van der Waals surface area contributed by atoms with Crippen molar-refractivity contribution >= 4 is 33.3 Å². The number of ketones is 1. The summed E-state index contributed by atoms with van der Waals surface area (Å²) in [6, 6.07) is 7.72. The SMILES string of the molecule is CCOC(=O)C1=C(C)C=C(c2ccc(Br)cc2)C1C(C)=O. The van der Waals surface area contributed by atoms with Crippen LogP contribution in [0.15, 0.2) is 46.0 Å². The fraction of sp³-hybridized carbons (Fsp3) is 0.294. The molecule has 0 N–H and O–H groups in total. The molecule has 3 nitrogen and oxygen atoms in total. The summed E-state index contributed by atoms with van der Waals surface area (Å²) >= 11 is 3.39. The van der Waals surface area contributed by atoms with E-state index in [0.717, 1.165) is 21.2 Å². The molecule has 110 valence electrons. The summed E-state index contributed by atoms with van der Waals surface area (Å²) in [5.74, 6) is -0.993. The lowest BCUT2D eigenvalue weighted by Crippen LogP contribution is -2.21. The van der Waals surface area contributed by atoms with Crippen LogP contribution in [0.25, 0.3) is 5.57 Å². The number of benzene rings is 1. The second kappa shape index (κ2) is 6.39. The quantitative estimate of drug-likeness (QED) is 0.774. The molecule has 1 unspecified atom stereocenters. The van der Waals surface area contributed by atoms with Gasteiger partial charge in [0, 0.05) is 4.47 Å². The highest BCUT2D eigenvalue weighted by molar-refractivity contribution is 9.10. The molecule has 0 saturated heterocycles. The van der Waals surface area contributed by atoms with Crippen LogP contribution in [0.2, 0.25) is 0 Å². The van der Waals surface area contributed by atoms with Gasteiger partial charge >= 0.3 is 5.97 Å². The fourth-order valence-corrected chi connectivity index (χ4v) is 2.84. The van der Waals surface area contributed by atoms with E-state index in [9.17, 15) is 9.59 Å². The van der Waals surface area contributed by atoms with E-state index in [-0.39, 0.29) is 5.78 Å². The lowest BCUT2D eigenvalue weighted by molar-refractivity contribution is -0.139. The molecule has 0 heterocycles. The number of Topliss-reactive ketones (excluding diaryl/α,β-unsaturated/α-hetero) is 1. The summed E-state index contributed by atoms with van der Waals surface area (Å²) in [6.07, 6.45) is 1.90. The number of rotatable bonds is 4. The van der Waals surface area contributed by atoms with E-state index in [4.69, 9.17) is 4.74 Å². The summed E-state index contributed by atoms with van der Waals surface area (Å²) < 4.78 is 6.06. The van der Waals surface area contributed by atoms with Crippen LogP contribution in [0.1, 0.15) is 26.3 Å². The van der Waals surface area contributed by atoms with E-state index in [2.05, 4.69) is 15.9 Å². The summed E-state index contributed by atoms with van der Waals surface area (Å²) in [6.45, 7) is 5.41. The van der Waals surface area contributed by atoms with E-state index in [1.165, 1.54) is 6.92 Å². The smallest absolute Gasteiger partial charge is 0.335 e. The molecule has 1 aliphatic carbocycles. The minimum absolute atomic E-state index is 0.0518. The Kier molecular flexibility index (Phi) is 4.78. The van der Waals surface area contributed by atoms with Gasteiger partial charge in [-0.2, -0.15) is 0 Å². The first-order chi connectivity index (χ1) is 9.95. The predicted octanol–water partition coefficient (Wildman–Crippen LogP) is 3.93. The maximum atomic E-state index is 12.1. The Morgan fingerprint density at radius 1 is 1.24 bits per heavy atom. The molecule has 0 aliphatic heterocycles. The normalized spacial score (nSPS) is 17.7. The highest BCUT2D eigenvalue weighted by Crippen LogP contribution is 2.39. The van der Waals surface area contributed by atoms with Crippen molar-refractivity contribution in [3.63, 3.8) is 0 Å². The van der Waals surface area contributed by atoms with E-state index in [1.54, 1.807) is 6.92 Å². The van der Waals surface area contributed by atoms with Gasteiger partial charge in [-0.3, -0.25) is 4.79 Å². The maximum absolute atomic E-state index is 12.1. The molecule has 0 amide bonds. The molecule has 21 heavy (non-hydrogen) atoms. The summed E-state index contributed by atoms with van der Waals surface area (Å²) in [4.78, 5) is 24.2. The summed E-state index contributed by atoms with van der Waals surface area (Å²) in [7, 11) is 0. The zero-order valence-electron chi connectivity index (χ0n) is 12.3. The molecule has 0 radical (unpaired) electrons. The average molecular weight is 349 g/mol. The van der Waals surface area contributed by atoms with Crippen molar-refractivity contribution in [3.05, 3.63) is 51.5 Å². The van der Waals surface area contributed by atoms with Crippen LogP contribution < -0.4 is 0 Å². The molecule has 0 aromatic heterocycles. The Morgan fingerprint density at radius 2 is 1.86 bits per heavy atom. The Labute approximate surface area is 132 Å². The first-order valence-corrected chi connectivity index (χ1v) is 7.60. The Morgan fingerprint density at radius 3 is 2.38 bits per heavy atom. The second-order valence-corrected chi connectivity index (χ2v) is 5.88. The monoisotopic (exact) mass is 348 g/mol. The average Bonchev–Trinajstić information content (AvgIpc) is 2.77. The second-order valence-electron chi connectivity index (χ2n) is 4.97. The minimum atomic E-state index is -0.537. The van der Waals surface area contributed by atoms with Gasteiger partial charge < -0.3 is 4.74 Å². The molecule has 1 aromatic carbocycles. The van der Waals surface area contributed by atoms with Crippen molar-refractivity contribution in [3.8, 4) is 0 Å². The highest BCUT2D eigenvalue weighted by Gasteiger charge is 2.35. The zero-order chi connectivity index (χ0) is 15.6. The first-order valence-electron chi connectivity index (χ1n) is 6.81. The van der Waals surface area contributed by atoms with Crippen LogP contribution >= 0.6 is 15.9 Å². The van der Waals surface area contributed by atoms with Crippen LogP contribution in [0.3, 0.4) is 0 Å². The fourth-order valence-electron chi connectivity index (χ4n) is 2.58. The van der Waals surface area contributed by atoms with Crippen LogP contribution in [-0.4, -0.2) is 18.4 Å². The molecule has 0 bridgehead atoms. The van der Waals surface area contributed by atoms with Crippen molar-refractivity contribution < 1.29 is 14.3 Å². The lowest BCUT2D eigenvalue weighted by atomic mass is 9.87. The third-order valence-corrected chi connectivity index (χ3v) is 4.00. The van der Waals surface area contributed by atoms with Gasteiger partial charge in [0.25, 0.3) is 0 Å². The third-order valence-electron chi connectivity index (χ3n) is 3.48. The highest BCUT2D eigenvalue weighted by atomic mass is 79.9. The first kappa shape index (κ1) is 15.7. The standard InChI is InChI=1S/C17H17BrO3/c1-4-21-17(20)15-10(2)9-14(16(15)11(3)19)12-5-7-13(18)8-6-12/h5-9,16H,4H2,1-3H3. The van der Waals surface area contributed by atoms with Gasteiger partial charge in [-0.15, -0.1) is 0 Å². The van der Waals surface area contributed by atoms with Gasteiger partial charge in [0.1, 0.15) is 5.78 Å². The number of hydrogen-bond donors (Lipinski definition) is 0. The third kappa shape index (κ3) is 3.16. The topological polar surface area (TPSA) is 43.4 Å². The van der Waals surface area contributed by atoms with Gasteiger partial charge in [-0.25, -0.2) is 4.79 Å². The van der Waals surface area contributed by atoms with E-state index in [0.29, 0.717) is 12.2 Å². The number of carbonyl (C=O) groups is 2. The number of allylic oxidation sites excluding steroid dienone is 3. The van der Waals surface area contributed by atoms with Gasteiger partial charge in [-0.1, -0.05) is 34.1 Å².